The molecule has 7 nitrogen and oxygen atoms in total. The van der Waals surface area contributed by atoms with E-state index >= 15 is 0 Å². The summed E-state index contributed by atoms with van der Waals surface area (Å²) in [5, 5.41) is 13.3. The van der Waals surface area contributed by atoms with Gasteiger partial charge in [0.05, 0.1) is 24.5 Å². The van der Waals surface area contributed by atoms with Crippen molar-refractivity contribution in [3.05, 3.63) is 47.8 Å². The maximum absolute atomic E-state index is 12.5. The van der Waals surface area contributed by atoms with Gasteiger partial charge in [0.25, 0.3) is 5.91 Å². The predicted molar refractivity (Wildman–Crippen MR) is 81.6 cm³/mol. The summed E-state index contributed by atoms with van der Waals surface area (Å²) < 4.78 is 6.86. The van der Waals surface area contributed by atoms with Crippen molar-refractivity contribution in [3.63, 3.8) is 0 Å². The molecule has 1 N–H and O–H groups in total. The number of amides is 1. The van der Waals surface area contributed by atoms with Crippen LogP contribution < -0.4 is 0 Å². The van der Waals surface area contributed by atoms with Crippen LogP contribution in [0.25, 0.3) is 5.69 Å². The van der Waals surface area contributed by atoms with Gasteiger partial charge in [0, 0.05) is 18.3 Å². The number of hydrogen-bond donors (Lipinski definition) is 1. The Morgan fingerprint density at radius 2 is 2.00 bits per heavy atom. The number of aliphatic carboxylic acids is 1. The Morgan fingerprint density at radius 3 is 2.61 bits per heavy atom. The summed E-state index contributed by atoms with van der Waals surface area (Å²) in [6.45, 7) is 2.59. The maximum Gasteiger partial charge on any atom is 0.334 e. The Morgan fingerprint density at radius 1 is 1.26 bits per heavy atom. The van der Waals surface area contributed by atoms with E-state index < -0.39 is 12.1 Å². The molecule has 1 amide bonds. The number of benzene rings is 1. The van der Waals surface area contributed by atoms with Crippen molar-refractivity contribution in [2.24, 2.45) is 0 Å². The lowest BCUT2D eigenvalue weighted by atomic mass is 10.1. The number of carboxylic acids is 1. The average molecular weight is 315 g/mol. The van der Waals surface area contributed by atoms with Crippen molar-refractivity contribution in [2.75, 3.05) is 19.7 Å². The van der Waals surface area contributed by atoms with Crippen LogP contribution in [0, 0.1) is 6.92 Å². The van der Waals surface area contributed by atoms with Gasteiger partial charge in [0.2, 0.25) is 0 Å². The standard InChI is InChI=1S/C16H17N3O4/c1-11-6-7-19(17-11)13-4-2-12(3-5-13)15(20)18-8-9-23-14(10-18)16(21)22/h2-7,14H,8-10H2,1H3,(H,21,22). The van der Waals surface area contributed by atoms with Crippen molar-refractivity contribution < 1.29 is 19.4 Å². The first kappa shape index (κ1) is 15.2. The fraction of sp³-hybridized carbons (Fsp3) is 0.312. The molecule has 0 bridgehead atoms. The first-order chi connectivity index (χ1) is 11.0. The normalized spacial score (nSPS) is 18.0. The molecule has 1 unspecified atom stereocenters. The van der Waals surface area contributed by atoms with Gasteiger partial charge in [-0.15, -0.1) is 0 Å². The van der Waals surface area contributed by atoms with Gasteiger partial charge in [0.1, 0.15) is 0 Å². The van der Waals surface area contributed by atoms with E-state index in [0.29, 0.717) is 12.1 Å². The Labute approximate surface area is 133 Å². The molecule has 7 heteroatoms. The number of carbonyl (C=O) groups excluding carboxylic acids is 1. The Kier molecular flexibility index (Phi) is 4.12. The molecule has 2 aromatic rings. The third kappa shape index (κ3) is 3.24. The van der Waals surface area contributed by atoms with E-state index in [0.717, 1.165) is 11.4 Å². The fourth-order valence-electron chi connectivity index (χ4n) is 2.48. The second-order valence-corrected chi connectivity index (χ2v) is 5.40. The van der Waals surface area contributed by atoms with Crippen molar-refractivity contribution in [1.29, 1.82) is 0 Å². The Balaban J connectivity index is 1.74. The number of hydrogen-bond acceptors (Lipinski definition) is 4. The minimum absolute atomic E-state index is 0.0638. The van der Waals surface area contributed by atoms with Crippen molar-refractivity contribution in [2.45, 2.75) is 13.0 Å². The summed E-state index contributed by atoms with van der Waals surface area (Å²) in [7, 11) is 0. The lowest BCUT2D eigenvalue weighted by Crippen LogP contribution is -2.48. The smallest absolute Gasteiger partial charge is 0.334 e. The van der Waals surface area contributed by atoms with E-state index in [1.807, 2.05) is 31.3 Å². The molecule has 1 aromatic heterocycles. The molecule has 120 valence electrons. The molecule has 0 aliphatic carbocycles. The van der Waals surface area contributed by atoms with Gasteiger partial charge >= 0.3 is 5.97 Å². The van der Waals surface area contributed by atoms with E-state index in [-0.39, 0.29) is 19.1 Å². The van der Waals surface area contributed by atoms with Crippen LogP contribution in [-0.4, -0.2) is 57.5 Å². The second kappa shape index (κ2) is 6.21. The first-order valence-electron chi connectivity index (χ1n) is 7.31. The summed E-state index contributed by atoms with van der Waals surface area (Å²) in [5.41, 5.74) is 2.29. The lowest BCUT2D eigenvalue weighted by Gasteiger charge is -2.30. The molecule has 23 heavy (non-hydrogen) atoms. The number of nitrogens with zero attached hydrogens (tertiary/aromatic N) is 3. The van der Waals surface area contributed by atoms with Gasteiger partial charge in [-0.25, -0.2) is 9.48 Å². The summed E-state index contributed by atoms with van der Waals surface area (Å²) in [4.78, 5) is 25.0. The van der Waals surface area contributed by atoms with E-state index in [2.05, 4.69) is 5.10 Å². The molecule has 1 aromatic carbocycles. The maximum atomic E-state index is 12.5. The van der Waals surface area contributed by atoms with Crippen LogP contribution in [-0.2, 0) is 9.53 Å². The van der Waals surface area contributed by atoms with Gasteiger partial charge in [0.15, 0.2) is 6.10 Å². The van der Waals surface area contributed by atoms with Gasteiger partial charge < -0.3 is 14.7 Å². The quantitative estimate of drug-likeness (QED) is 0.917. The predicted octanol–water partition coefficient (Wildman–Crippen LogP) is 1.11. The van der Waals surface area contributed by atoms with Crippen molar-refractivity contribution >= 4 is 11.9 Å². The van der Waals surface area contributed by atoms with E-state index in [4.69, 9.17) is 9.84 Å². The monoisotopic (exact) mass is 315 g/mol. The van der Waals surface area contributed by atoms with Crippen LogP contribution in [0.15, 0.2) is 36.5 Å². The minimum Gasteiger partial charge on any atom is -0.479 e. The summed E-state index contributed by atoms with van der Waals surface area (Å²) in [6.07, 6.45) is 0.894. The number of aryl methyl sites for hydroxylation is 1. The molecule has 0 radical (unpaired) electrons. The highest BCUT2D eigenvalue weighted by atomic mass is 16.5. The van der Waals surface area contributed by atoms with Gasteiger partial charge in [-0.1, -0.05) is 0 Å². The molecule has 1 fully saturated rings. The van der Waals surface area contributed by atoms with Crippen LogP contribution in [0.3, 0.4) is 0 Å². The van der Waals surface area contributed by atoms with Gasteiger partial charge in [-0.2, -0.15) is 5.10 Å². The summed E-state index contributed by atoms with van der Waals surface area (Å²) in [6, 6.07) is 8.97. The summed E-state index contributed by atoms with van der Waals surface area (Å²) in [5.74, 6) is -1.24. The molecule has 1 atom stereocenters. The number of rotatable bonds is 3. The SMILES string of the molecule is Cc1ccn(-c2ccc(C(=O)N3CCOC(C(=O)O)C3)cc2)n1. The highest BCUT2D eigenvalue weighted by Gasteiger charge is 2.29. The molecule has 1 aliphatic heterocycles. The van der Waals surface area contributed by atoms with Crippen LogP contribution in [0.1, 0.15) is 16.1 Å². The van der Waals surface area contributed by atoms with Crippen LogP contribution in [0.2, 0.25) is 0 Å². The zero-order chi connectivity index (χ0) is 16.4. The summed E-state index contributed by atoms with van der Waals surface area (Å²) >= 11 is 0. The minimum atomic E-state index is -1.05. The van der Waals surface area contributed by atoms with Crippen molar-refractivity contribution in [3.8, 4) is 5.69 Å². The highest BCUT2D eigenvalue weighted by Crippen LogP contribution is 2.14. The number of morpholine rings is 1. The van der Waals surface area contributed by atoms with Crippen LogP contribution >= 0.6 is 0 Å². The van der Waals surface area contributed by atoms with Gasteiger partial charge in [-0.05, 0) is 37.3 Å². The molecule has 3 rings (SSSR count). The molecule has 1 saturated heterocycles. The highest BCUT2D eigenvalue weighted by molar-refractivity contribution is 5.94. The zero-order valence-corrected chi connectivity index (χ0v) is 12.7. The topological polar surface area (TPSA) is 84.7 Å². The molecule has 2 heterocycles. The van der Waals surface area contributed by atoms with Crippen molar-refractivity contribution in [1.82, 2.24) is 14.7 Å². The number of ether oxygens (including phenoxy) is 1. The number of carbonyl (C=O) groups is 2. The van der Waals surface area contributed by atoms with E-state index in [9.17, 15) is 9.59 Å². The third-order valence-electron chi connectivity index (χ3n) is 3.73. The van der Waals surface area contributed by atoms with Crippen LogP contribution in [0.5, 0.6) is 0 Å². The zero-order valence-electron chi connectivity index (χ0n) is 12.7. The van der Waals surface area contributed by atoms with Crippen LogP contribution in [0.4, 0.5) is 0 Å². The van der Waals surface area contributed by atoms with Gasteiger partial charge in [-0.3, -0.25) is 4.79 Å². The Bertz CT molecular complexity index is 723. The third-order valence-corrected chi connectivity index (χ3v) is 3.73. The second-order valence-electron chi connectivity index (χ2n) is 5.40. The lowest BCUT2D eigenvalue weighted by molar-refractivity contribution is -0.154. The van der Waals surface area contributed by atoms with E-state index in [1.54, 1.807) is 16.8 Å². The molecule has 1 aliphatic rings. The number of carboxylic acid groups (broad SMARTS) is 1. The molecular weight excluding hydrogens is 298 g/mol. The average Bonchev–Trinajstić information content (AvgIpc) is 3.01. The molecule has 0 spiro atoms. The molecule has 0 saturated carbocycles. The number of aromatic nitrogens is 2. The van der Waals surface area contributed by atoms with E-state index in [1.165, 1.54) is 4.90 Å². The first-order valence-corrected chi connectivity index (χ1v) is 7.31. The largest absolute Gasteiger partial charge is 0.479 e. The Hall–Kier alpha value is -2.67. The molecular formula is C16H17N3O4. The fourth-order valence-corrected chi connectivity index (χ4v) is 2.48.